The van der Waals surface area contributed by atoms with Gasteiger partial charge in [0.25, 0.3) is 0 Å². The normalized spacial score (nSPS) is 11.6. The highest BCUT2D eigenvalue weighted by Crippen LogP contribution is 2.29. The molecule has 0 saturated heterocycles. The number of rotatable bonds is 3. The van der Waals surface area contributed by atoms with Gasteiger partial charge in [-0.15, -0.1) is 0 Å². The zero-order chi connectivity index (χ0) is 47.9. The molecule has 0 amide bonds. The highest BCUT2D eigenvalue weighted by Gasteiger charge is 2.40. The Morgan fingerprint density at radius 1 is 0.359 bits per heavy atom. The number of benzene rings is 4. The van der Waals surface area contributed by atoms with Crippen LogP contribution < -0.4 is 0 Å². The first-order chi connectivity index (χ1) is 29.5. The molecule has 0 saturated carbocycles. The van der Waals surface area contributed by atoms with Crippen molar-refractivity contribution in [1.29, 1.82) is 0 Å². The average Bonchev–Trinajstić information content (AvgIpc) is 4.00. The Hall–Kier alpha value is -8.20. The van der Waals surface area contributed by atoms with Crippen LogP contribution in [-0.2, 0) is 19.2 Å². The van der Waals surface area contributed by atoms with Crippen LogP contribution in [0.2, 0.25) is 0 Å². The van der Waals surface area contributed by atoms with Crippen molar-refractivity contribution in [3.05, 3.63) is 84.9 Å². The maximum Gasteiger partial charge on any atom is 0.490 e. The smallest absolute Gasteiger partial charge is 0.475 e. The molecule has 4 aromatic carbocycles. The number of para-hydroxylation sites is 4. The number of aliphatic carboxylic acids is 4. The van der Waals surface area contributed by atoms with E-state index < -0.39 is 48.6 Å². The molecule has 64 heavy (non-hydrogen) atoms. The molecular formula is C36H22F12N8O8. The number of nitrogens with zero attached hydrogens (tertiary/aromatic N) is 4. The fourth-order valence-corrected chi connectivity index (χ4v) is 4.73. The summed E-state index contributed by atoms with van der Waals surface area (Å²) in [4.78, 5) is 67.9. The number of carboxylic acids is 4. The highest BCUT2D eigenvalue weighted by molar-refractivity contribution is 5.89. The van der Waals surface area contributed by atoms with Gasteiger partial charge >= 0.3 is 48.6 Å². The molecular weight excluding hydrogens is 900 g/mol. The van der Waals surface area contributed by atoms with Gasteiger partial charge in [0.05, 0.1) is 44.1 Å². The van der Waals surface area contributed by atoms with Crippen LogP contribution in [-0.4, -0.2) is 109 Å². The van der Waals surface area contributed by atoms with Gasteiger partial charge in [0.2, 0.25) is 0 Å². The van der Waals surface area contributed by atoms with Crippen LogP contribution in [0.15, 0.2) is 84.9 Å². The van der Waals surface area contributed by atoms with E-state index in [0.29, 0.717) is 0 Å². The van der Waals surface area contributed by atoms with Crippen LogP contribution >= 0.6 is 0 Å². The molecule has 0 aliphatic carbocycles. The van der Waals surface area contributed by atoms with E-state index in [-0.39, 0.29) is 0 Å². The Morgan fingerprint density at radius 2 is 0.578 bits per heavy atom. The van der Waals surface area contributed by atoms with Crippen molar-refractivity contribution in [2.24, 2.45) is 0 Å². The number of aromatic amines is 4. The van der Waals surface area contributed by atoms with Gasteiger partial charge in [-0.1, -0.05) is 36.4 Å². The van der Waals surface area contributed by atoms with Crippen molar-refractivity contribution in [2.45, 2.75) is 24.7 Å². The summed E-state index contributed by atoms with van der Waals surface area (Å²) < 4.78 is 127. The van der Waals surface area contributed by atoms with Crippen LogP contribution in [0, 0.1) is 0 Å². The molecule has 16 nitrogen and oxygen atoms in total. The standard InChI is InChI=1S/C28H18N8.4C2HF3O2/c1-2-6-18-17(5-1)29-25(30-18)27-33-21-11-9-15(13-23(21)35-27)16-10-12-22-24(14-16)36-28(34-22)26-31-19-7-3-4-8-20(19)32-26;4*3-2(4,5)1(6)7/h1-14H,(H,29,30)(H,31,32)(H,33,35)(H,34,36);4*(H,6,7). The number of nitrogens with one attached hydrogen (secondary N) is 4. The predicted octanol–water partition coefficient (Wildman–Crippen LogP) is 8.73. The molecule has 8 N–H and O–H groups in total. The summed E-state index contributed by atoms with van der Waals surface area (Å²) in [7, 11) is 0. The lowest BCUT2D eigenvalue weighted by molar-refractivity contribution is -0.193. The lowest BCUT2D eigenvalue weighted by atomic mass is 10.0. The van der Waals surface area contributed by atoms with Crippen LogP contribution in [0.5, 0.6) is 0 Å². The molecule has 0 fully saturated rings. The first-order valence-corrected chi connectivity index (χ1v) is 16.6. The molecule has 0 bridgehead atoms. The van der Waals surface area contributed by atoms with Gasteiger partial charge < -0.3 is 40.4 Å². The van der Waals surface area contributed by atoms with Gasteiger partial charge in [0.1, 0.15) is 0 Å². The summed E-state index contributed by atoms with van der Waals surface area (Å²) in [5.74, 6) is -8.13. The minimum Gasteiger partial charge on any atom is -0.475 e. The van der Waals surface area contributed by atoms with Crippen molar-refractivity contribution >= 4 is 68.0 Å². The number of carboxylic acid groups (broad SMARTS) is 4. The summed E-state index contributed by atoms with van der Waals surface area (Å²) in [6.45, 7) is 0. The van der Waals surface area contributed by atoms with E-state index in [1.165, 1.54) is 0 Å². The Bertz CT molecular complexity index is 2640. The van der Waals surface area contributed by atoms with Gasteiger partial charge in [0, 0.05) is 0 Å². The fourth-order valence-electron chi connectivity index (χ4n) is 4.73. The third-order valence-electron chi connectivity index (χ3n) is 7.49. The monoisotopic (exact) mass is 922 g/mol. The van der Waals surface area contributed by atoms with E-state index in [4.69, 9.17) is 49.6 Å². The summed E-state index contributed by atoms with van der Waals surface area (Å²) in [6, 6.07) is 28.4. The Kier molecular flexibility index (Phi) is 14.3. The van der Waals surface area contributed by atoms with Crippen molar-refractivity contribution in [2.75, 3.05) is 0 Å². The molecule has 0 atom stereocenters. The number of aromatic nitrogens is 8. The van der Waals surface area contributed by atoms with Crippen molar-refractivity contribution in [3.63, 3.8) is 0 Å². The summed E-state index contributed by atoms with van der Waals surface area (Å²) in [6.07, 6.45) is -20.3. The Balaban J connectivity index is 0.000000262. The van der Waals surface area contributed by atoms with Gasteiger partial charge in [-0.25, -0.2) is 39.1 Å². The molecule has 0 unspecified atom stereocenters. The summed E-state index contributed by atoms with van der Waals surface area (Å²) in [5.41, 5.74) is 9.69. The Labute approximate surface area is 344 Å². The Morgan fingerprint density at radius 3 is 0.812 bits per heavy atom. The quantitative estimate of drug-likeness (QED) is 0.0774. The van der Waals surface area contributed by atoms with Crippen molar-refractivity contribution in [1.82, 2.24) is 39.9 Å². The second kappa shape index (κ2) is 18.8. The van der Waals surface area contributed by atoms with Gasteiger partial charge in [-0.2, -0.15) is 52.7 Å². The largest absolute Gasteiger partial charge is 0.490 e. The van der Waals surface area contributed by atoms with Crippen LogP contribution in [0.3, 0.4) is 0 Å². The topological polar surface area (TPSA) is 264 Å². The van der Waals surface area contributed by atoms with Crippen LogP contribution in [0.25, 0.3) is 78.6 Å². The third-order valence-corrected chi connectivity index (χ3v) is 7.49. The number of fused-ring (bicyclic) bond motifs is 4. The summed E-state index contributed by atoms with van der Waals surface area (Å²) >= 11 is 0. The van der Waals surface area contributed by atoms with Crippen molar-refractivity contribution < 1.29 is 92.3 Å². The molecule has 0 aliphatic heterocycles. The lowest BCUT2D eigenvalue weighted by Crippen LogP contribution is -2.21. The second-order valence-electron chi connectivity index (χ2n) is 12.1. The van der Waals surface area contributed by atoms with Crippen LogP contribution in [0.4, 0.5) is 52.7 Å². The molecule has 4 heterocycles. The van der Waals surface area contributed by atoms with Gasteiger partial charge in [-0.05, 0) is 59.7 Å². The summed E-state index contributed by atoms with van der Waals surface area (Å²) in [5, 5.41) is 28.5. The maximum absolute atomic E-state index is 10.6. The van der Waals surface area contributed by atoms with E-state index in [2.05, 4.69) is 54.2 Å². The molecule has 8 aromatic rings. The van der Waals surface area contributed by atoms with Crippen molar-refractivity contribution in [3.8, 4) is 34.4 Å². The molecule has 8 rings (SSSR count). The minimum absolute atomic E-state index is 0.720. The van der Waals surface area contributed by atoms with Crippen LogP contribution in [0.1, 0.15) is 0 Å². The third kappa shape index (κ3) is 12.9. The van der Waals surface area contributed by atoms with E-state index in [9.17, 15) is 52.7 Å². The van der Waals surface area contributed by atoms with Gasteiger partial charge in [-0.3, -0.25) is 0 Å². The number of imidazole rings is 4. The second-order valence-corrected chi connectivity index (χ2v) is 12.1. The SMILES string of the molecule is O=C(O)C(F)(F)F.O=C(O)C(F)(F)F.O=C(O)C(F)(F)F.O=C(O)C(F)(F)F.c1ccc2[nH]c(-c3nc4ccc(-c5ccc6nc(-c7nc8ccccc8[nH]7)[nH]c6c5)cc4[nH]3)nc2c1. The highest BCUT2D eigenvalue weighted by atomic mass is 19.4. The minimum atomic E-state index is -5.08. The first-order valence-electron chi connectivity index (χ1n) is 16.6. The average molecular weight is 923 g/mol. The van der Waals surface area contributed by atoms with E-state index >= 15 is 0 Å². The number of hydrogen-bond acceptors (Lipinski definition) is 8. The predicted molar refractivity (Wildman–Crippen MR) is 196 cm³/mol. The zero-order valence-electron chi connectivity index (χ0n) is 30.8. The lowest BCUT2D eigenvalue weighted by Gasteiger charge is -2.01. The number of alkyl halides is 12. The first kappa shape index (κ1) is 48.5. The van der Waals surface area contributed by atoms with E-state index in [1.807, 2.05) is 60.7 Å². The van der Waals surface area contributed by atoms with E-state index in [1.54, 1.807) is 0 Å². The van der Waals surface area contributed by atoms with Gasteiger partial charge in [0.15, 0.2) is 23.3 Å². The molecule has 338 valence electrons. The number of H-pyrrole nitrogens is 4. The fraction of sp³-hybridized carbons (Fsp3) is 0.111. The molecule has 0 spiro atoms. The molecule has 28 heteroatoms. The number of hydrogen-bond donors (Lipinski definition) is 8. The number of halogens is 12. The number of carbonyl (C=O) groups is 4. The zero-order valence-corrected chi connectivity index (χ0v) is 30.8. The maximum atomic E-state index is 10.6. The molecule has 4 aromatic heterocycles. The molecule has 0 aliphatic rings. The molecule has 0 radical (unpaired) electrons. The van der Waals surface area contributed by atoms with E-state index in [0.717, 1.165) is 78.6 Å².